The van der Waals surface area contributed by atoms with Gasteiger partial charge in [0.05, 0.1) is 0 Å². The molecule has 1 aliphatic carbocycles. The maximum atomic E-state index is 10.3. The Kier molecular flexibility index (Phi) is 2.28. The predicted molar refractivity (Wildman–Crippen MR) is 48.0 cm³/mol. The summed E-state index contributed by atoms with van der Waals surface area (Å²) < 4.78 is -1.38. The summed E-state index contributed by atoms with van der Waals surface area (Å²) in [7, 11) is 0. The van der Waals surface area contributed by atoms with Crippen LogP contribution in [0.2, 0.25) is 0 Å². The van der Waals surface area contributed by atoms with Gasteiger partial charge in [0.15, 0.2) is 0 Å². The second-order valence-electron chi connectivity index (χ2n) is 2.20. The van der Waals surface area contributed by atoms with E-state index >= 15 is 0 Å². The fraction of sp³-hybridized carbons (Fsp3) is 0.333. The lowest BCUT2D eigenvalue weighted by Gasteiger charge is -2.20. The molecule has 5 heteroatoms. The SMILES string of the molecule is O=[N+]([O-])C1C=CC=CC1(O)I. The first-order valence-corrected chi connectivity index (χ1v) is 4.03. The molecule has 0 spiro atoms. The summed E-state index contributed by atoms with van der Waals surface area (Å²) in [6, 6.07) is -1.03. The molecule has 0 fully saturated rings. The van der Waals surface area contributed by atoms with E-state index in [1.54, 1.807) is 34.7 Å². The monoisotopic (exact) mass is 267 g/mol. The van der Waals surface area contributed by atoms with Gasteiger partial charge in [-0.3, -0.25) is 10.1 Å². The molecule has 0 amide bonds. The Morgan fingerprint density at radius 2 is 2.27 bits per heavy atom. The van der Waals surface area contributed by atoms with E-state index in [0.29, 0.717) is 0 Å². The van der Waals surface area contributed by atoms with Crippen LogP contribution in [0.4, 0.5) is 0 Å². The number of nitro groups is 1. The van der Waals surface area contributed by atoms with E-state index in [-0.39, 0.29) is 0 Å². The van der Waals surface area contributed by atoms with Crippen LogP contribution in [-0.2, 0) is 0 Å². The van der Waals surface area contributed by atoms with Crippen LogP contribution in [0, 0.1) is 10.1 Å². The van der Waals surface area contributed by atoms with Gasteiger partial charge in [-0.05, 0) is 34.7 Å². The summed E-state index contributed by atoms with van der Waals surface area (Å²) in [5, 5.41) is 19.7. The standard InChI is InChI=1S/C6H6INO3/c7-6(9)4-2-1-3-5(6)8(10)11/h1-5,9H. The lowest BCUT2D eigenvalue weighted by Crippen LogP contribution is -2.39. The van der Waals surface area contributed by atoms with Crippen LogP contribution in [0.25, 0.3) is 0 Å². The average Bonchev–Trinajstić information content (AvgIpc) is 1.85. The highest BCUT2D eigenvalue weighted by molar-refractivity contribution is 14.1. The Labute approximate surface area is 76.9 Å². The molecule has 0 radical (unpaired) electrons. The molecule has 0 aromatic carbocycles. The number of nitrogens with zero attached hydrogens (tertiary/aromatic N) is 1. The second kappa shape index (κ2) is 2.90. The minimum absolute atomic E-state index is 0.507. The Bertz CT molecular complexity index is 234. The summed E-state index contributed by atoms with van der Waals surface area (Å²) in [4.78, 5) is 9.82. The van der Waals surface area contributed by atoms with Crippen molar-refractivity contribution in [3.63, 3.8) is 0 Å². The van der Waals surface area contributed by atoms with E-state index in [9.17, 15) is 15.2 Å². The van der Waals surface area contributed by atoms with Gasteiger partial charge in [0, 0.05) is 4.92 Å². The fourth-order valence-corrected chi connectivity index (χ4v) is 1.45. The van der Waals surface area contributed by atoms with E-state index in [1.807, 2.05) is 0 Å². The zero-order valence-corrected chi connectivity index (χ0v) is 7.63. The van der Waals surface area contributed by atoms with Gasteiger partial charge in [0.1, 0.15) is 0 Å². The van der Waals surface area contributed by atoms with Gasteiger partial charge in [-0.1, -0.05) is 12.2 Å². The third-order valence-corrected chi connectivity index (χ3v) is 2.37. The molecule has 0 bridgehead atoms. The molecule has 2 atom stereocenters. The van der Waals surface area contributed by atoms with E-state index in [4.69, 9.17) is 0 Å². The van der Waals surface area contributed by atoms with Crippen LogP contribution in [0.3, 0.4) is 0 Å². The van der Waals surface area contributed by atoms with E-state index < -0.39 is 14.6 Å². The largest absolute Gasteiger partial charge is 0.370 e. The van der Waals surface area contributed by atoms with E-state index in [2.05, 4.69) is 0 Å². The van der Waals surface area contributed by atoms with Gasteiger partial charge in [0.25, 0.3) is 6.04 Å². The molecule has 11 heavy (non-hydrogen) atoms. The molecule has 1 N–H and O–H groups in total. The van der Waals surface area contributed by atoms with Gasteiger partial charge in [-0.2, -0.15) is 0 Å². The summed E-state index contributed by atoms with van der Waals surface area (Å²) in [6.45, 7) is 0. The van der Waals surface area contributed by atoms with Crippen LogP contribution < -0.4 is 0 Å². The molecule has 60 valence electrons. The summed E-state index contributed by atoms with van der Waals surface area (Å²) in [6.07, 6.45) is 5.92. The zero-order chi connectivity index (χ0) is 8.48. The van der Waals surface area contributed by atoms with Crippen molar-refractivity contribution in [2.75, 3.05) is 0 Å². The number of rotatable bonds is 1. The topological polar surface area (TPSA) is 63.4 Å². The highest BCUT2D eigenvalue weighted by Crippen LogP contribution is 2.27. The number of allylic oxidation sites excluding steroid dienone is 2. The highest BCUT2D eigenvalue weighted by Gasteiger charge is 2.40. The first-order chi connectivity index (χ1) is 5.04. The average molecular weight is 267 g/mol. The molecular formula is C6H6INO3. The second-order valence-corrected chi connectivity index (χ2v) is 3.93. The molecule has 0 heterocycles. The van der Waals surface area contributed by atoms with Gasteiger partial charge >= 0.3 is 0 Å². The molecule has 0 aliphatic heterocycles. The predicted octanol–water partition coefficient (Wildman–Crippen LogP) is 0.881. The normalized spacial score (nSPS) is 35.6. The number of halogens is 1. The number of hydrogen-bond donors (Lipinski definition) is 1. The number of aliphatic hydroxyl groups is 1. The third kappa shape index (κ3) is 1.78. The quantitative estimate of drug-likeness (QED) is 0.332. The van der Waals surface area contributed by atoms with Crippen molar-refractivity contribution in [3.05, 3.63) is 34.4 Å². The van der Waals surface area contributed by atoms with E-state index in [0.717, 1.165) is 0 Å². The molecule has 2 unspecified atom stereocenters. The minimum Gasteiger partial charge on any atom is -0.370 e. The molecule has 0 aromatic heterocycles. The van der Waals surface area contributed by atoms with Crippen molar-refractivity contribution in [2.45, 2.75) is 9.65 Å². The Morgan fingerprint density at radius 1 is 1.64 bits per heavy atom. The Balaban J connectivity index is 2.89. The van der Waals surface area contributed by atoms with Crippen LogP contribution >= 0.6 is 22.6 Å². The molecule has 0 saturated heterocycles. The van der Waals surface area contributed by atoms with Crippen LogP contribution in [0.5, 0.6) is 0 Å². The van der Waals surface area contributed by atoms with Gasteiger partial charge in [-0.25, -0.2) is 0 Å². The highest BCUT2D eigenvalue weighted by atomic mass is 127. The number of alkyl halides is 1. The summed E-state index contributed by atoms with van der Waals surface area (Å²) >= 11 is 1.64. The lowest BCUT2D eigenvalue weighted by atomic mass is 10.1. The summed E-state index contributed by atoms with van der Waals surface area (Å²) in [5.74, 6) is 0. The molecular weight excluding hydrogens is 261 g/mol. The fourth-order valence-electron chi connectivity index (χ4n) is 0.812. The molecule has 4 nitrogen and oxygen atoms in total. The van der Waals surface area contributed by atoms with Gasteiger partial charge < -0.3 is 5.11 Å². The molecule has 1 rings (SSSR count). The van der Waals surface area contributed by atoms with Crippen molar-refractivity contribution in [1.29, 1.82) is 0 Å². The van der Waals surface area contributed by atoms with Crippen molar-refractivity contribution in [2.24, 2.45) is 0 Å². The van der Waals surface area contributed by atoms with Crippen molar-refractivity contribution >= 4 is 22.6 Å². The van der Waals surface area contributed by atoms with E-state index in [1.165, 1.54) is 12.2 Å². The summed E-state index contributed by atoms with van der Waals surface area (Å²) in [5.41, 5.74) is 0. The molecule has 1 aliphatic rings. The van der Waals surface area contributed by atoms with Gasteiger partial charge in [0.2, 0.25) is 3.61 Å². The first kappa shape index (κ1) is 8.66. The smallest absolute Gasteiger partial charge is 0.272 e. The molecule has 0 saturated carbocycles. The maximum Gasteiger partial charge on any atom is 0.272 e. The van der Waals surface area contributed by atoms with Crippen LogP contribution in [0.1, 0.15) is 0 Å². The van der Waals surface area contributed by atoms with Crippen molar-refractivity contribution in [3.8, 4) is 0 Å². The lowest BCUT2D eigenvalue weighted by molar-refractivity contribution is -0.520. The Morgan fingerprint density at radius 3 is 2.64 bits per heavy atom. The van der Waals surface area contributed by atoms with Crippen molar-refractivity contribution in [1.82, 2.24) is 0 Å². The first-order valence-electron chi connectivity index (χ1n) is 2.95. The van der Waals surface area contributed by atoms with Gasteiger partial charge in [-0.15, -0.1) is 0 Å². The number of hydrogen-bond acceptors (Lipinski definition) is 3. The maximum absolute atomic E-state index is 10.3. The third-order valence-electron chi connectivity index (χ3n) is 1.38. The zero-order valence-electron chi connectivity index (χ0n) is 5.48. The minimum atomic E-state index is -1.38. The molecule has 0 aromatic rings. The van der Waals surface area contributed by atoms with Crippen molar-refractivity contribution < 1.29 is 10.0 Å². The van der Waals surface area contributed by atoms with Crippen LogP contribution in [0.15, 0.2) is 24.3 Å². The van der Waals surface area contributed by atoms with Crippen LogP contribution in [-0.4, -0.2) is 19.7 Å². The Hall–Kier alpha value is -0.430.